The fraction of sp³-hybridized carbons (Fsp3) is 0.300. The van der Waals surface area contributed by atoms with Crippen LogP contribution in [0.2, 0.25) is 0 Å². The van der Waals surface area contributed by atoms with Crippen LogP contribution in [0.25, 0.3) is 6.08 Å². The van der Waals surface area contributed by atoms with Crippen LogP contribution < -0.4 is 0 Å². The maximum atomic E-state index is 4.93. The fourth-order valence-corrected chi connectivity index (χ4v) is 3.27. The van der Waals surface area contributed by atoms with Crippen molar-refractivity contribution in [3.8, 4) is 0 Å². The van der Waals surface area contributed by atoms with Crippen molar-refractivity contribution in [2.45, 2.75) is 33.1 Å². The van der Waals surface area contributed by atoms with E-state index in [9.17, 15) is 0 Å². The first-order valence-corrected chi connectivity index (χ1v) is 14.2. The molecule has 0 bridgehead atoms. The van der Waals surface area contributed by atoms with Crippen LogP contribution >= 0.6 is 17.0 Å². The van der Waals surface area contributed by atoms with Gasteiger partial charge in [0.25, 0.3) is 0 Å². The van der Waals surface area contributed by atoms with Crippen LogP contribution in [-0.2, 0) is 27.3 Å². The normalized spacial score (nSPS) is 15.6. The predicted octanol–water partition coefficient (Wildman–Crippen LogP) is 6.81. The summed E-state index contributed by atoms with van der Waals surface area (Å²) in [7, 11) is 9.87. The van der Waals surface area contributed by atoms with Crippen molar-refractivity contribution in [3.05, 3.63) is 76.4 Å². The van der Waals surface area contributed by atoms with E-state index in [0.717, 1.165) is 6.42 Å². The first kappa shape index (κ1) is 19.0. The Balaban J connectivity index is 0.000000595. The minimum atomic E-state index is -0.826. The van der Waals surface area contributed by atoms with Crippen LogP contribution in [-0.4, -0.2) is 0 Å². The molecule has 0 spiro atoms. The first-order chi connectivity index (χ1) is 11.1. The topological polar surface area (TPSA) is 0 Å². The maximum absolute atomic E-state index is 4.93. The number of hydrogen-bond donors (Lipinski definition) is 0. The van der Waals surface area contributed by atoms with E-state index in [-0.39, 0.29) is 0 Å². The van der Waals surface area contributed by atoms with Gasteiger partial charge in [-0.3, -0.25) is 0 Å². The minimum absolute atomic E-state index is 0.444. The molecule has 0 nitrogen and oxygen atoms in total. The SMILES string of the molecule is CC1=Cc2cc(CC(C)C)ccc2C1c1ccccc1.[Cl][Zr][Cl]. The Kier molecular flexibility index (Phi) is 7.60. The molecule has 23 heavy (non-hydrogen) atoms. The second-order valence-corrected chi connectivity index (χ2v) is 10.1. The Morgan fingerprint density at radius 3 is 2.30 bits per heavy atom. The van der Waals surface area contributed by atoms with E-state index in [1.807, 2.05) is 0 Å². The molecule has 2 aromatic rings. The zero-order chi connectivity index (χ0) is 16.8. The molecule has 1 aliphatic carbocycles. The van der Waals surface area contributed by atoms with Crippen molar-refractivity contribution in [1.29, 1.82) is 0 Å². The van der Waals surface area contributed by atoms with Gasteiger partial charge >= 0.3 is 37.9 Å². The van der Waals surface area contributed by atoms with E-state index in [4.69, 9.17) is 17.0 Å². The van der Waals surface area contributed by atoms with E-state index in [2.05, 4.69) is 75.4 Å². The van der Waals surface area contributed by atoms with Gasteiger partial charge in [-0.25, -0.2) is 0 Å². The van der Waals surface area contributed by atoms with Gasteiger partial charge in [0.2, 0.25) is 0 Å². The van der Waals surface area contributed by atoms with E-state index in [1.54, 1.807) is 0 Å². The zero-order valence-corrected chi connectivity index (χ0v) is 17.8. The van der Waals surface area contributed by atoms with Crippen molar-refractivity contribution in [1.82, 2.24) is 0 Å². The van der Waals surface area contributed by atoms with Crippen LogP contribution in [0, 0.1) is 5.92 Å². The van der Waals surface area contributed by atoms with Crippen LogP contribution in [0.4, 0.5) is 0 Å². The molecule has 120 valence electrons. The Labute approximate surface area is 158 Å². The first-order valence-electron chi connectivity index (χ1n) is 7.89. The molecule has 3 heteroatoms. The Hall–Kier alpha value is -0.357. The molecule has 0 radical (unpaired) electrons. The monoisotopic (exact) mass is 422 g/mol. The third-order valence-electron chi connectivity index (χ3n) is 4.08. The Bertz CT molecular complexity index is 663. The average Bonchev–Trinajstić information content (AvgIpc) is 2.83. The number of hydrogen-bond acceptors (Lipinski definition) is 0. The molecule has 0 amide bonds. The molecule has 0 saturated carbocycles. The third-order valence-corrected chi connectivity index (χ3v) is 4.08. The molecule has 0 aliphatic heterocycles. The summed E-state index contributed by atoms with van der Waals surface area (Å²) in [6.45, 7) is 6.81. The summed E-state index contributed by atoms with van der Waals surface area (Å²) in [5.74, 6) is 1.16. The molecule has 0 fully saturated rings. The third kappa shape index (κ3) is 5.06. The predicted molar refractivity (Wildman–Crippen MR) is 98.6 cm³/mol. The van der Waals surface area contributed by atoms with E-state index in [1.165, 1.54) is 27.8 Å². The molecular formula is C20H22Cl2Zr. The quantitative estimate of drug-likeness (QED) is 0.508. The molecule has 2 aromatic carbocycles. The molecule has 0 N–H and O–H groups in total. The molecule has 1 aliphatic rings. The number of fused-ring (bicyclic) bond motifs is 1. The van der Waals surface area contributed by atoms with Crippen molar-refractivity contribution in [2.75, 3.05) is 0 Å². The summed E-state index contributed by atoms with van der Waals surface area (Å²) in [6, 6.07) is 17.8. The summed E-state index contributed by atoms with van der Waals surface area (Å²) in [6.07, 6.45) is 3.52. The van der Waals surface area contributed by atoms with Crippen molar-refractivity contribution in [2.24, 2.45) is 5.92 Å². The van der Waals surface area contributed by atoms with Gasteiger partial charge in [-0.15, -0.1) is 0 Å². The summed E-state index contributed by atoms with van der Waals surface area (Å²) in [5, 5.41) is 0. The summed E-state index contributed by atoms with van der Waals surface area (Å²) in [5.41, 5.74) is 7.18. The zero-order valence-electron chi connectivity index (χ0n) is 13.8. The van der Waals surface area contributed by atoms with Gasteiger partial charge in [0, 0.05) is 5.92 Å². The number of halogens is 2. The second-order valence-electron chi connectivity index (χ2n) is 6.36. The summed E-state index contributed by atoms with van der Waals surface area (Å²) >= 11 is -0.826. The van der Waals surface area contributed by atoms with E-state index in [0.29, 0.717) is 11.8 Å². The van der Waals surface area contributed by atoms with Gasteiger partial charge < -0.3 is 0 Å². The van der Waals surface area contributed by atoms with Crippen LogP contribution in [0.1, 0.15) is 48.9 Å². The molecule has 1 unspecified atom stereocenters. The molecule has 0 aromatic heterocycles. The fourth-order valence-electron chi connectivity index (χ4n) is 3.27. The number of rotatable bonds is 3. The van der Waals surface area contributed by atoms with Gasteiger partial charge in [0.15, 0.2) is 0 Å². The molecule has 1 atom stereocenters. The van der Waals surface area contributed by atoms with Crippen molar-refractivity contribution < 1.29 is 20.8 Å². The summed E-state index contributed by atoms with van der Waals surface area (Å²) < 4.78 is 0. The van der Waals surface area contributed by atoms with Gasteiger partial charge in [0.1, 0.15) is 0 Å². The van der Waals surface area contributed by atoms with E-state index >= 15 is 0 Å². The Morgan fingerprint density at radius 2 is 1.70 bits per heavy atom. The Morgan fingerprint density at radius 1 is 1.04 bits per heavy atom. The molecular weight excluding hydrogens is 402 g/mol. The molecule has 3 rings (SSSR count). The average molecular weight is 425 g/mol. The molecule has 0 saturated heterocycles. The number of benzene rings is 2. The van der Waals surface area contributed by atoms with Gasteiger partial charge in [-0.05, 0) is 41.5 Å². The van der Waals surface area contributed by atoms with Crippen LogP contribution in [0.5, 0.6) is 0 Å². The standard InChI is InChI=1S/C20H22.2ClH.Zr/c1-14(2)11-16-9-10-19-18(13-16)12-15(3)20(19)17-7-5-4-6-8-17;;;/h4-10,12-14,20H,11H2,1-3H3;2*1H;/q;;;+2/p-2. The second kappa shape index (κ2) is 9.21. The van der Waals surface area contributed by atoms with E-state index < -0.39 is 20.8 Å². The van der Waals surface area contributed by atoms with Gasteiger partial charge in [-0.1, -0.05) is 74.0 Å². The summed E-state index contributed by atoms with van der Waals surface area (Å²) in [4.78, 5) is 0. The van der Waals surface area contributed by atoms with Crippen LogP contribution in [0.15, 0.2) is 54.1 Å². The molecule has 0 heterocycles. The van der Waals surface area contributed by atoms with Gasteiger partial charge in [0.05, 0.1) is 0 Å². The number of allylic oxidation sites excluding steroid dienone is 1. The van der Waals surface area contributed by atoms with Crippen LogP contribution in [0.3, 0.4) is 0 Å². The van der Waals surface area contributed by atoms with Gasteiger partial charge in [-0.2, -0.15) is 0 Å². The van der Waals surface area contributed by atoms with Crippen molar-refractivity contribution in [3.63, 3.8) is 0 Å². The van der Waals surface area contributed by atoms with Crippen molar-refractivity contribution >= 4 is 23.1 Å².